The van der Waals surface area contributed by atoms with Crippen LogP contribution >= 0.6 is 34.5 Å². The zero-order valence-corrected chi connectivity index (χ0v) is 15.5. The fraction of sp³-hybridized carbons (Fsp3) is 0.105. The van der Waals surface area contributed by atoms with E-state index in [9.17, 15) is 10.1 Å². The lowest BCUT2D eigenvalue weighted by atomic mass is 9.99. The fourth-order valence-corrected chi connectivity index (χ4v) is 3.72. The van der Waals surface area contributed by atoms with Crippen molar-refractivity contribution >= 4 is 40.3 Å². The van der Waals surface area contributed by atoms with Crippen molar-refractivity contribution in [2.24, 2.45) is 0 Å². The lowest BCUT2D eigenvalue weighted by molar-refractivity contribution is 0.0979. The average molecular weight is 387 g/mol. The number of hydrogen-bond acceptors (Lipinski definition) is 4. The minimum Gasteiger partial charge on any atom is -0.292 e. The lowest BCUT2D eigenvalue weighted by Crippen LogP contribution is -2.11. The number of benzene rings is 2. The third kappa shape index (κ3) is 3.74. The number of carbonyl (C=O) groups is 1. The molecule has 3 aromatic rings. The summed E-state index contributed by atoms with van der Waals surface area (Å²) in [4.78, 5) is 17.2. The first-order chi connectivity index (χ1) is 12.0. The molecule has 1 heterocycles. The highest BCUT2D eigenvalue weighted by molar-refractivity contribution is 7.10. The molecule has 1 unspecified atom stereocenters. The normalized spacial score (nSPS) is 11.8. The summed E-state index contributed by atoms with van der Waals surface area (Å²) >= 11 is 13.3. The van der Waals surface area contributed by atoms with Crippen molar-refractivity contribution in [2.75, 3.05) is 0 Å². The molecular weight excluding hydrogens is 375 g/mol. The zero-order chi connectivity index (χ0) is 18.0. The van der Waals surface area contributed by atoms with E-state index in [1.54, 1.807) is 6.07 Å². The number of aromatic nitrogens is 1. The Morgan fingerprint density at radius 2 is 1.92 bits per heavy atom. The maximum Gasteiger partial charge on any atom is 0.188 e. The van der Waals surface area contributed by atoms with Gasteiger partial charge in [-0.25, -0.2) is 4.98 Å². The van der Waals surface area contributed by atoms with Crippen LogP contribution in [0.1, 0.15) is 26.8 Å². The number of thiazole rings is 1. The number of nitriles is 1. The lowest BCUT2D eigenvalue weighted by Gasteiger charge is -2.07. The SMILES string of the molecule is Cc1ccc(-c2csc(C(C#N)C(=O)c3ccc(Cl)cc3Cl)n2)cc1. The number of aryl methyl sites for hydroxylation is 1. The minimum absolute atomic E-state index is 0.230. The van der Waals surface area contributed by atoms with Crippen molar-refractivity contribution in [1.29, 1.82) is 5.26 Å². The predicted octanol–water partition coefficient (Wildman–Crippen LogP) is 5.92. The average Bonchev–Trinajstić information content (AvgIpc) is 3.05. The van der Waals surface area contributed by atoms with Gasteiger partial charge in [0.05, 0.1) is 16.8 Å². The number of nitrogens with zero attached hydrogens (tertiary/aromatic N) is 2. The summed E-state index contributed by atoms with van der Waals surface area (Å²) in [6, 6.07) is 14.6. The van der Waals surface area contributed by atoms with Crippen molar-refractivity contribution in [1.82, 2.24) is 4.98 Å². The summed E-state index contributed by atoms with van der Waals surface area (Å²) in [6.45, 7) is 2.01. The summed E-state index contributed by atoms with van der Waals surface area (Å²) in [5.74, 6) is -1.38. The molecule has 0 amide bonds. The Bertz CT molecular complexity index is 974. The van der Waals surface area contributed by atoms with Gasteiger partial charge < -0.3 is 0 Å². The first-order valence-corrected chi connectivity index (χ1v) is 9.04. The largest absolute Gasteiger partial charge is 0.292 e. The standard InChI is InChI=1S/C19H12Cl2N2OS/c1-11-2-4-12(5-3-11)17-10-25-19(23-17)15(9-22)18(24)14-7-6-13(20)8-16(14)21/h2-8,10,15H,1H3. The summed E-state index contributed by atoms with van der Waals surface area (Å²) < 4.78 is 0. The minimum atomic E-state index is -0.997. The Morgan fingerprint density at radius 3 is 2.56 bits per heavy atom. The van der Waals surface area contributed by atoms with Crippen molar-refractivity contribution in [3.8, 4) is 17.3 Å². The predicted molar refractivity (Wildman–Crippen MR) is 101 cm³/mol. The van der Waals surface area contributed by atoms with Gasteiger partial charge in [0.15, 0.2) is 11.7 Å². The van der Waals surface area contributed by atoms with Gasteiger partial charge in [-0.3, -0.25) is 4.79 Å². The van der Waals surface area contributed by atoms with Gasteiger partial charge in [0.2, 0.25) is 0 Å². The molecule has 25 heavy (non-hydrogen) atoms. The van der Waals surface area contributed by atoms with E-state index >= 15 is 0 Å². The number of carbonyl (C=O) groups excluding carboxylic acids is 1. The molecule has 124 valence electrons. The van der Waals surface area contributed by atoms with Crippen LogP contribution in [0.3, 0.4) is 0 Å². The van der Waals surface area contributed by atoms with Crippen LogP contribution in [0.2, 0.25) is 10.0 Å². The first kappa shape index (κ1) is 17.6. The monoisotopic (exact) mass is 386 g/mol. The molecule has 3 nitrogen and oxygen atoms in total. The Morgan fingerprint density at radius 1 is 1.20 bits per heavy atom. The molecule has 6 heteroatoms. The molecule has 0 radical (unpaired) electrons. The van der Waals surface area contributed by atoms with E-state index in [0.717, 1.165) is 16.8 Å². The van der Waals surface area contributed by atoms with E-state index in [1.807, 2.05) is 42.6 Å². The molecule has 0 spiro atoms. The molecule has 0 aliphatic rings. The van der Waals surface area contributed by atoms with Gasteiger partial charge in [-0.05, 0) is 25.1 Å². The van der Waals surface area contributed by atoms with Crippen LogP contribution in [0, 0.1) is 18.3 Å². The molecule has 0 bridgehead atoms. The Labute approximate surface area is 159 Å². The number of Topliss-reactive ketones (excluding diaryl/α,β-unsaturated/α-hetero) is 1. The van der Waals surface area contributed by atoms with E-state index in [1.165, 1.54) is 23.5 Å². The van der Waals surface area contributed by atoms with Crippen molar-refractivity contribution < 1.29 is 4.79 Å². The number of hydrogen-bond donors (Lipinski definition) is 0. The van der Waals surface area contributed by atoms with Crippen LogP contribution < -0.4 is 0 Å². The third-order valence-electron chi connectivity index (χ3n) is 3.70. The number of halogens is 2. The molecule has 1 aromatic heterocycles. The van der Waals surface area contributed by atoms with Gasteiger partial charge in [0, 0.05) is 21.5 Å². The topological polar surface area (TPSA) is 53.8 Å². The van der Waals surface area contributed by atoms with Crippen LogP contribution in [0.5, 0.6) is 0 Å². The van der Waals surface area contributed by atoms with Crippen molar-refractivity contribution in [2.45, 2.75) is 12.8 Å². The second-order valence-electron chi connectivity index (χ2n) is 5.49. The molecular formula is C19H12Cl2N2OS. The van der Waals surface area contributed by atoms with Crippen LogP contribution in [-0.2, 0) is 0 Å². The Hall–Kier alpha value is -2.19. The fourth-order valence-electron chi connectivity index (χ4n) is 2.35. The maximum atomic E-state index is 12.7. The third-order valence-corrected chi connectivity index (χ3v) is 5.16. The van der Waals surface area contributed by atoms with Gasteiger partial charge in [-0.2, -0.15) is 5.26 Å². The van der Waals surface area contributed by atoms with Gasteiger partial charge >= 0.3 is 0 Å². The summed E-state index contributed by atoms with van der Waals surface area (Å²) in [7, 11) is 0. The molecule has 0 fully saturated rings. The highest BCUT2D eigenvalue weighted by Crippen LogP contribution is 2.31. The van der Waals surface area contributed by atoms with E-state index in [-0.39, 0.29) is 16.4 Å². The molecule has 2 aromatic carbocycles. The molecule has 0 N–H and O–H groups in total. The second kappa shape index (κ2) is 7.37. The van der Waals surface area contributed by atoms with Crippen LogP contribution in [0.4, 0.5) is 0 Å². The zero-order valence-electron chi connectivity index (χ0n) is 13.2. The molecule has 0 saturated heterocycles. The highest BCUT2D eigenvalue weighted by atomic mass is 35.5. The summed E-state index contributed by atoms with van der Waals surface area (Å²) in [5.41, 5.74) is 3.11. The van der Waals surface area contributed by atoms with E-state index in [2.05, 4.69) is 4.98 Å². The highest BCUT2D eigenvalue weighted by Gasteiger charge is 2.26. The van der Waals surface area contributed by atoms with Crippen LogP contribution in [0.25, 0.3) is 11.3 Å². The molecule has 0 saturated carbocycles. The Kier molecular flexibility index (Phi) is 5.19. The Balaban J connectivity index is 1.92. The second-order valence-corrected chi connectivity index (χ2v) is 7.22. The molecule has 1 atom stereocenters. The van der Waals surface area contributed by atoms with Crippen molar-refractivity contribution in [3.63, 3.8) is 0 Å². The molecule has 0 aliphatic heterocycles. The molecule has 3 rings (SSSR count). The maximum absolute atomic E-state index is 12.7. The van der Waals surface area contributed by atoms with Crippen molar-refractivity contribution in [3.05, 3.63) is 74.0 Å². The summed E-state index contributed by atoms with van der Waals surface area (Å²) in [5, 5.41) is 12.5. The quantitative estimate of drug-likeness (QED) is 0.523. The van der Waals surface area contributed by atoms with Crippen LogP contribution in [-0.4, -0.2) is 10.8 Å². The van der Waals surface area contributed by atoms with Gasteiger partial charge in [-0.15, -0.1) is 11.3 Å². The van der Waals surface area contributed by atoms with Gasteiger partial charge in [0.1, 0.15) is 5.01 Å². The van der Waals surface area contributed by atoms with E-state index in [0.29, 0.717) is 10.0 Å². The van der Waals surface area contributed by atoms with Gasteiger partial charge in [0.25, 0.3) is 0 Å². The summed E-state index contributed by atoms with van der Waals surface area (Å²) in [6.07, 6.45) is 0. The number of ketones is 1. The van der Waals surface area contributed by atoms with E-state index < -0.39 is 5.92 Å². The van der Waals surface area contributed by atoms with E-state index in [4.69, 9.17) is 23.2 Å². The van der Waals surface area contributed by atoms with Gasteiger partial charge in [-0.1, -0.05) is 53.0 Å². The number of rotatable bonds is 4. The molecule has 0 aliphatic carbocycles. The van der Waals surface area contributed by atoms with Crippen LogP contribution in [0.15, 0.2) is 47.8 Å². The first-order valence-electron chi connectivity index (χ1n) is 7.41. The smallest absolute Gasteiger partial charge is 0.188 e.